The van der Waals surface area contributed by atoms with Gasteiger partial charge in [-0.1, -0.05) is 6.42 Å². The number of aromatic nitrogens is 2. The number of nitrogens with one attached hydrogen (secondary N) is 2. The minimum atomic E-state index is -0.173. The van der Waals surface area contributed by atoms with Gasteiger partial charge in [0.15, 0.2) is 0 Å². The highest BCUT2D eigenvalue weighted by molar-refractivity contribution is 5.78. The Labute approximate surface area is 141 Å². The first-order chi connectivity index (χ1) is 11.7. The van der Waals surface area contributed by atoms with E-state index in [1.807, 2.05) is 0 Å². The largest absolute Gasteiger partial charge is 0.381 e. The standard InChI is InChI=1S/C17H26N4O3/c1-24-14-6-4-5-12(9-14)16(23)18-11-13-10-15(22)20-17(19-13)21-7-2-3-8-21/h10,12,14H,2-9,11H2,1H3,(H,18,23)(H,19,20,22)/t12-,14-/m0/s1. The number of carbonyl (C=O) groups excluding carboxylic acids is 1. The fraction of sp³-hybridized carbons (Fsp3) is 0.706. The molecule has 0 spiro atoms. The maximum absolute atomic E-state index is 12.4. The Kier molecular flexibility index (Phi) is 5.50. The summed E-state index contributed by atoms with van der Waals surface area (Å²) in [5, 5.41) is 2.93. The first kappa shape index (κ1) is 17.0. The molecule has 0 radical (unpaired) electrons. The van der Waals surface area contributed by atoms with Crippen molar-refractivity contribution in [3.63, 3.8) is 0 Å². The van der Waals surface area contributed by atoms with E-state index in [1.54, 1.807) is 7.11 Å². The smallest absolute Gasteiger partial charge is 0.252 e. The lowest BCUT2D eigenvalue weighted by Gasteiger charge is -2.27. The van der Waals surface area contributed by atoms with Gasteiger partial charge in [0.25, 0.3) is 5.56 Å². The van der Waals surface area contributed by atoms with E-state index in [0.717, 1.165) is 51.6 Å². The van der Waals surface area contributed by atoms with Gasteiger partial charge in [-0.3, -0.25) is 14.6 Å². The van der Waals surface area contributed by atoms with E-state index in [-0.39, 0.29) is 30.0 Å². The average Bonchev–Trinajstić information content (AvgIpc) is 3.14. The third-order valence-electron chi connectivity index (χ3n) is 4.96. The van der Waals surface area contributed by atoms with Crippen LogP contribution in [0.4, 0.5) is 5.95 Å². The van der Waals surface area contributed by atoms with E-state index in [2.05, 4.69) is 20.2 Å². The molecule has 7 nitrogen and oxygen atoms in total. The lowest BCUT2D eigenvalue weighted by molar-refractivity contribution is -0.127. The first-order valence-electron chi connectivity index (χ1n) is 8.81. The van der Waals surface area contributed by atoms with E-state index in [0.29, 0.717) is 11.6 Å². The van der Waals surface area contributed by atoms with Gasteiger partial charge in [0.1, 0.15) is 0 Å². The van der Waals surface area contributed by atoms with Gasteiger partial charge in [-0.2, -0.15) is 0 Å². The molecule has 1 amide bonds. The highest BCUT2D eigenvalue weighted by Crippen LogP contribution is 2.26. The highest BCUT2D eigenvalue weighted by atomic mass is 16.5. The second-order valence-electron chi connectivity index (χ2n) is 6.69. The summed E-state index contributed by atoms with van der Waals surface area (Å²) in [6, 6.07) is 1.46. The number of hydrogen-bond donors (Lipinski definition) is 2. The summed E-state index contributed by atoms with van der Waals surface area (Å²) in [6.45, 7) is 2.12. The van der Waals surface area contributed by atoms with E-state index in [4.69, 9.17) is 4.74 Å². The van der Waals surface area contributed by atoms with Crippen LogP contribution in [0.3, 0.4) is 0 Å². The van der Waals surface area contributed by atoms with Gasteiger partial charge in [0.2, 0.25) is 11.9 Å². The van der Waals surface area contributed by atoms with Crippen LogP contribution < -0.4 is 15.8 Å². The molecule has 1 aromatic heterocycles. The van der Waals surface area contributed by atoms with Crippen LogP contribution in [0.2, 0.25) is 0 Å². The van der Waals surface area contributed by atoms with Crippen molar-refractivity contribution in [1.82, 2.24) is 15.3 Å². The molecular formula is C17H26N4O3. The quantitative estimate of drug-likeness (QED) is 0.845. The van der Waals surface area contributed by atoms with Crippen molar-refractivity contribution in [2.75, 3.05) is 25.1 Å². The summed E-state index contributed by atoms with van der Waals surface area (Å²) in [5.74, 6) is 0.631. The number of H-pyrrole nitrogens is 1. The molecule has 0 unspecified atom stereocenters. The molecule has 2 N–H and O–H groups in total. The minimum absolute atomic E-state index is 0.0104. The van der Waals surface area contributed by atoms with Crippen molar-refractivity contribution < 1.29 is 9.53 Å². The highest BCUT2D eigenvalue weighted by Gasteiger charge is 2.27. The maximum atomic E-state index is 12.4. The molecule has 0 aromatic carbocycles. The van der Waals surface area contributed by atoms with Crippen molar-refractivity contribution in [3.05, 3.63) is 22.1 Å². The lowest BCUT2D eigenvalue weighted by Crippen LogP contribution is -2.35. The number of nitrogens with zero attached hydrogens (tertiary/aromatic N) is 2. The van der Waals surface area contributed by atoms with Gasteiger partial charge in [-0.25, -0.2) is 4.98 Å². The molecular weight excluding hydrogens is 308 g/mol. The van der Waals surface area contributed by atoms with Crippen molar-refractivity contribution in [1.29, 1.82) is 0 Å². The van der Waals surface area contributed by atoms with Crippen molar-refractivity contribution in [2.45, 2.75) is 51.2 Å². The van der Waals surface area contributed by atoms with Crippen LogP contribution in [-0.4, -0.2) is 42.2 Å². The molecule has 7 heteroatoms. The molecule has 24 heavy (non-hydrogen) atoms. The summed E-state index contributed by atoms with van der Waals surface area (Å²) >= 11 is 0. The van der Waals surface area contributed by atoms with E-state index >= 15 is 0 Å². The zero-order chi connectivity index (χ0) is 16.9. The SMILES string of the molecule is CO[C@H]1CCC[C@H](C(=O)NCc2cc(=O)[nH]c(N3CCCC3)n2)C1. The predicted molar refractivity (Wildman–Crippen MR) is 90.9 cm³/mol. The van der Waals surface area contributed by atoms with Gasteiger partial charge < -0.3 is 15.0 Å². The fourth-order valence-electron chi connectivity index (χ4n) is 3.58. The number of amides is 1. The molecule has 3 rings (SSSR count). The minimum Gasteiger partial charge on any atom is -0.381 e. The molecule has 1 aromatic rings. The van der Waals surface area contributed by atoms with E-state index in [1.165, 1.54) is 6.07 Å². The zero-order valence-corrected chi connectivity index (χ0v) is 14.2. The van der Waals surface area contributed by atoms with Gasteiger partial charge in [-0.05, 0) is 32.1 Å². The topological polar surface area (TPSA) is 87.3 Å². The van der Waals surface area contributed by atoms with Gasteiger partial charge in [0.05, 0.1) is 18.3 Å². The summed E-state index contributed by atoms with van der Waals surface area (Å²) in [6.07, 6.45) is 6.11. The summed E-state index contributed by atoms with van der Waals surface area (Å²) in [5.41, 5.74) is 0.432. The number of anilines is 1. The molecule has 1 saturated carbocycles. The number of methoxy groups -OCH3 is 1. The Morgan fingerprint density at radius 2 is 2.17 bits per heavy atom. The molecule has 0 bridgehead atoms. The molecule has 2 fully saturated rings. The van der Waals surface area contributed by atoms with E-state index < -0.39 is 0 Å². The number of hydrogen-bond acceptors (Lipinski definition) is 5. The molecule has 1 aliphatic carbocycles. The average molecular weight is 334 g/mol. The molecule has 2 atom stereocenters. The Balaban J connectivity index is 1.59. The summed E-state index contributed by atoms with van der Waals surface area (Å²) in [7, 11) is 1.70. The Morgan fingerprint density at radius 3 is 2.92 bits per heavy atom. The van der Waals surface area contributed by atoms with Crippen molar-refractivity contribution in [3.8, 4) is 0 Å². The Morgan fingerprint density at radius 1 is 1.38 bits per heavy atom. The van der Waals surface area contributed by atoms with Crippen LogP contribution in [0.5, 0.6) is 0 Å². The molecule has 132 valence electrons. The van der Waals surface area contributed by atoms with Crippen LogP contribution in [0, 0.1) is 5.92 Å². The summed E-state index contributed by atoms with van der Waals surface area (Å²) < 4.78 is 5.38. The fourth-order valence-corrected chi connectivity index (χ4v) is 3.58. The third kappa shape index (κ3) is 4.14. The number of aromatic amines is 1. The number of rotatable bonds is 5. The maximum Gasteiger partial charge on any atom is 0.252 e. The first-order valence-corrected chi connectivity index (χ1v) is 8.81. The van der Waals surface area contributed by atoms with Gasteiger partial charge >= 0.3 is 0 Å². The molecule has 2 heterocycles. The summed E-state index contributed by atoms with van der Waals surface area (Å²) in [4.78, 5) is 33.6. The second-order valence-corrected chi connectivity index (χ2v) is 6.69. The van der Waals surface area contributed by atoms with Crippen molar-refractivity contribution >= 4 is 11.9 Å². The number of carbonyl (C=O) groups is 1. The van der Waals surface area contributed by atoms with Crippen molar-refractivity contribution in [2.24, 2.45) is 5.92 Å². The molecule has 1 saturated heterocycles. The second kappa shape index (κ2) is 7.79. The Hall–Kier alpha value is -1.89. The van der Waals surface area contributed by atoms with Crippen LogP contribution in [0.1, 0.15) is 44.2 Å². The Bertz CT molecular complexity index is 625. The lowest BCUT2D eigenvalue weighted by atomic mass is 9.86. The van der Waals surface area contributed by atoms with Gasteiger partial charge in [-0.15, -0.1) is 0 Å². The monoisotopic (exact) mass is 334 g/mol. The molecule has 2 aliphatic rings. The van der Waals surface area contributed by atoms with Gasteiger partial charge in [0, 0.05) is 32.2 Å². The van der Waals surface area contributed by atoms with E-state index in [9.17, 15) is 9.59 Å². The van der Waals surface area contributed by atoms with Crippen LogP contribution in [0.25, 0.3) is 0 Å². The van der Waals surface area contributed by atoms with Crippen LogP contribution in [0.15, 0.2) is 10.9 Å². The predicted octanol–water partition coefficient (Wildman–Crippen LogP) is 1.19. The van der Waals surface area contributed by atoms with Crippen LogP contribution in [-0.2, 0) is 16.1 Å². The zero-order valence-electron chi connectivity index (χ0n) is 14.2. The normalized spacial score (nSPS) is 24.1. The van der Waals surface area contributed by atoms with Crippen LogP contribution >= 0.6 is 0 Å². The third-order valence-corrected chi connectivity index (χ3v) is 4.96. The molecule has 1 aliphatic heterocycles. The number of ether oxygens (including phenoxy) is 1.